The van der Waals surface area contributed by atoms with Gasteiger partial charge in [0.2, 0.25) is 0 Å². The van der Waals surface area contributed by atoms with Crippen molar-refractivity contribution in [1.82, 2.24) is 0 Å². The Balaban J connectivity index is 1.97. The predicted octanol–water partition coefficient (Wildman–Crippen LogP) is 2.86. The van der Waals surface area contributed by atoms with Crippen LogP contribution < -0.4 is 0 Å². The molecule has 1 saturated heterocycles. The quantitative estimate of drug-likeness (QED) is 0.593. The highest BCUT2D eigenvalue weighted by Crippen LogP contribution is 2.68. The highest BCUT2D eigenvalue weighted by Gasteiger charge is 2.74. The number of ether oxygens (including phenoxy) is 2. The summed E-state index contributed by atoms with van der Waals surface area (Å²) < 4.78 is 11.4. The Morgan fingerprint density at radius 1 is 1.48 bits per heavy atom. The molecule has 0 aromatic carbocycles. The molecule has 0 spiro atoms. The van der Waals surface area contributed by atoms with Gasteiger partial charge in [0, 0.05) is 16.9 Å². The Morgan fingerprint density at radius 2 is 2.14 bits per heavy atom. The van der Waals surface area contributed by atoms with Gasteiger partial charge in [-0.2, -0.15) is 0 Å². The molecule has 5 unspecified atom stereocenters. The lowest BCUT2D eigenvalue weighted by Gasteiger charge is -2.57. The molecule has 4 nitrogen and oxygen atoms in total. The van der Waals surface area contributed by atoms with Crippen molar-refractivity contribution in [2.45, 2.75) is 59.2 Å². The molecule has 4 bridgehead atoms. The largest absolute Gasteiger partial charge is 0.457 e. The zero-order valence-electron chi connectivity index (χ0n) is 13.3. The molecule has 4 aliphatic rings. The lowest BCUT2D eigenvalue weighted by molar-refractivity contribution is -0.189. The van der Waals surface area contributed by atoms with Crippen molar-refractivity contribution in [3.8, 4) is 0 Å². The van der Waals surface area contributed by atoms with Gasteiger partial charge in [0.05, 0.1) is 5.41 Å². The number of esters is 2. The van der Waals surface area contributed by atoms with E-state index in [1.807, 2.05) is 0 Å². The van der Waals surface area contributed by atoms with E-state index in [1.165, 1.54) is 0 Å². The van der Waals surface area contributed by atoms with Gasteiger partial charge in [-0.1, -0.05) is 27.4 Å². The average Bonchev–Trinajstić information content (AvgIpc) is 2.57. The Kier molecular flexibility index (Phi) is 3.02. The second-order valence-corrected chi connectivity index (χ2v) is 7.52. The minimum absolute atomic E-state index is 0.0939. The van der Waals surface area contributed by atoms with Crippen molar-refractivity contribution in [2.75, 3.05) is 0 Å². The zero-order valence-corrected chi connectivity index (χ0v) is 13.3. The van der Waals surface area contributed by atoms with E-state index in [0.717, 1.165) is 19.3 Å². The van der Waals surface area contributed by atoms with E-state index in [0.29, 0.717) is 5.57 Å². The van der Waals surface area contributed by atoms with Gasteiger partial charge < -0.3 is 9.47 Å². The van der Waals surface area contributed by atoms with Crippen molar-refractivity contribution in [2.24, 2.45) is 22.7 Å². The summed E-state index contributed by atoms with van der Waals surface area (Å²) in [7, 11) is 0. The maximum Gasteiger partial charge on any atom is 0.333 e. The highest BCUT2D eigenvalue weighted by molar-refractivity contribution is 5.87. The molecule has 0 N–H and O–H groups in total. The Bertz CT molecular complexity index is 523. The number of hydrogen-bond acceptors (Lipinski definition) is 4. The molecular weight excluding hydrogens is 268 g/mol. The van der Waals surface area contributed by atoms with Crippen LogP contribution in [0.15, 0.2) is 12.2 Å². The third-order valence-electron chi connectivity index (χ3n) is 6.20. The molecule has 3 saturated carbocycles. The monoisotopic (exact) mass is 292 g/mol. The second kappa shape index (κ2) is 4.34. The van der Waals surface area contributed by atoms with E-state index >= 15 is 0 Å². The number of carbonyl (C=O) groups is 2. The van der Waals surface area contributed by atoms with E-state index < -0.39 is 5.41 Å². The lowest BCUT2D eigenvalue weighted by Crippen LogP contribution is -2.62. The first-order chi connectivity index (χ1) is 9.74. The van der Waals surface area contributed by atoms with Gasteiger partial charge in [-0.15, -0.1) is 0 Å². The first-order valence-electron chi connectivity index (χ1n) is 7.81. The van der Waals surface area contributed by atoms with Crippen LogP contribution in [-0.4, -0.2) is 24.1 Å². The number of carbonyl (C=O) groups excluding carboxylic acids is 2. The van der Waals surface area contributed by atoms with Gasteiger partial charge in [0.1, 0.15) is 12.2 Å². The van der Waals surface area contributed by atoms with Gasteiger partial charge in [0.15, 0.2) is 0 Å². The molecule has 0 radical (unpaired) electrons. The van der Waals surface area contributed by atoms with E-state index in [-0.39, 0.29) is 41.4 Å². The van der Waals surface area contributed by atoms with Gasteiger partial charge in [-0.3, -0.25) is 4.79 Å². The molecular formula is C17H24O4. The number of fused-ring (bicyclic) bond motifs is 1. The van der Waals surface area contributed by atoms with Crippen LogP contribution in [0.25, 0.3) is 0 Å². The lowest BCUT2D eigenvalue weighted by atomic mass is 9.44. The van der Waals surface area contributed by atoms with Crippen LogP contribution >= 0.6 is 0 Å². The molecule has 116 valence electrons. The molecule has 1 aliphatic heterocycles. The highest BCUT2D eigenvalue weighted by atomic mass is 16.6. The van der Waals surface area contributed by atoms with Crippen molar-refractivity contribution < 1.29 is 19.1 Å². The average molecular weight is 292 g/mol. The molecule has 3 aliphatic carbocycles. The standard InChI is InChI=1S/C17H24O4/c1-9(2)14(18)20-12-11-6-7-16(5)13(12)21-15(19)17(16,8-11)10(3)4/h10-13H,1,6-8H2,2-5H3. The van der Waals surface area contributed by atoms with Crippen molar-refractivity contribution >= 4 is 11.9 Å². The van der Waals surface area contributed by atoms with Crippen LogP contribution in [0.1, 0.15) is 47.0 Å². The van der Waals surface area contributed by atoms with Gasteiger partial charge in [-0.05, 0) is 32.1 Å². The van der Waals surface area contributed by atoms with Gasteiger partial charge >= 0.3 is 11.9 Å². The summed E-state index contributed by atoms with van der Waals surface area (Å²) in [6.07, 6.45) is 2.11. The number of rotatable bonds is 3. The van der Waals surface area contributed by atoms with Crippen LogP contribution in [0, 0.1) is 22.7 Å². The molecule has 0 amide bonds. The SMILES string of the molecule is C=C(C)C(=O)OC1C2CCC3(C)C1OC(=O)C3(C(C)C)C2. The minimum atomic E-state index is -0.410. The summed E-state index contributed by atoms with van der Waals surface area (Å²) in [5.74, 6) is -0.0209. The fraction of sp³-hybridized carbons (Fsp3) is 0.765. The molecule has 21 heavy (non-hydrogen) atoms. The Labute approximate surface area is 125 Å². The van der Waals surface area contributed by atoms with Crippen molar-refractivity contribution in [3.63, 3.8) is 0 Å². The molecule has 0 aromatic rings. The summed E-state index contributed by atoms with van der Waals surface area (Å²) in [6.45, 7) is 11.6. The van der Waals surface area contributed by atoms with Crippen LogP contribution in [0.3, 0.4) is 0 Å². The topological polar surface area (TPSA) is 52.6 Å². The molecule has 4 rings (SSSR count). The van der Waals surface area contributed by atoms with Crippen molar-refractivity contribution in [3.05, 3.63) is 12.2 Å². The zero-order chi connectivity index (χ0) is 15.6. The molecule has 5 atom stereocenters. The third-order valence-corrected chi connectivity index (χ3v) is 6.20. The first kappa shape index (κ1) is 14.6. The number of hydrogen-bond donors (Lipinski definition) is 0. The summed E-state index contributed by atoms with van der Waals surface area (Å²) in [5.41, 5.74) is -0.249. The van der Waals surface area contributed by atoms with E-state index in [1.54, 1.807) is 6.92 Å². The van der Waals surface area contributed by atoms with Crippen LogP contribution in [0.5, 0.6) is 0 Å². The first-order valence-corrected chi connectivity index (χ1v) is 7.81. The maximum atomic E-state index is 12.6. The fourth-order valence-corrected chi connectivity index (χ4v) is 4.99. The Hall–Kier alpha value is -1.32. The van der Waals surface area contributed by atoms with E-state index in [2.05, 4.69) is 27.4 Å². The Morgan fingerprint density at radius 3 is 2.71 bits per heavy atom. The normalized spacial score (nSPS) is 43.9. The predicted molar refractivity (Wildman–Crippen MR) is 77.3 cm³/mol. The summed E-state index contributed by atoms with van der Waals surface area (Å²) in [6, 6.07) is 0. The van der Waals surface area contributed by atoms with Gasteiger partial charge in [0.25, 0.3) is 0 Å². The van der Waals surface area contributed by atoms with Crippen LogP contribution in [0.4, 0.5) is 0 Å². The van der Waals surface area contributed by atoms with Crippen LogP contribution in [-0.2, 0) is 19.1 Å². The smallest absolute Gasteiger partial charge is 0.333 e. The molecule has 1 heterocycles. The molecule has 4 fully saturated rings. The van der Waals surface area contributed by atoms with Gasteiger partial charge in [-0.25, -0.2) is 4.79 Å². The molecule has 4 heteroatoms. The maximum absolute atomic E-state index is 12.6. The summed E-state index contributed by atoms with van der Waals surface area (Å²) in [5, 5.41) is 0. The second-order valence-electron chi connectivity index (χ2n) is 7.52. The molecule has 0 aromatic heterocycles. The minimum Gasteiger partial charge on any atom is -0.457 e. The summed E-state index contributed by atoms with van der Waals surface area (Å²) in [4.78, 5) is 24.5. The summed E-state index contributed by atoms with van der Waals surface area (Å²) >= 11 is 0. The van der Waals surface area contributed by atoms with E-state index in [4.69, 9.17) is 9.47 Å². The van der Waals surface area contributed by atoms with Crippen molar-refractivity contribution in [1.29, 1.82) is 0 Å². The van der Waals surface area contributed by atoms with E-state index in [9.17, 15) is 9.59 Å². The third kappa shape index (κ3) is 1.62. The van der Waals surface area contributed by atoms with Crippen LogP contribution in [0.2, 0.25) is 0 Å². The fourth-order valence-electron chi connectivity index (χ4n) is 4.99.